The smallest absolute Gasteiger partial charge is 0.0754 e. The van der Waals surface area contributed by atoms with E-state index in [2.05, 4.69) is 19.9 Å². The fourth-order valence-electron chi connectivity index (χ4n) is 2.56. The third kappa shape index (κ3) is 4.64. The molecule has 1 aliphatic carbocycles. The van der Waals surface area contributed by atoms with E-state index in [-0.39, 0.29) is 12.7 Å². The van der Waals surface area contributed by atoms with E-state index < -0.39 is 0 Å². The van der Waals surface area contributed by atoms with Gasteiger partial charge in [0.25, 0.3) is 0 Å². The summed E-state index contributed by atoms with van der Waals surface area (Å²) < 4.78 is 0. The molecule has 0 spiro atoms. The first-order chi connectivity index (χ1) is 8.04. The van der Waals surface area contributed by atoms with Gasteiger partial charge in [-0.15, -0.1) is 0 Å². The number of hydrogen-bond donors (Lipinski definition) is 2. The highest BCUT2D eigenvalue weighted by atomic mass is 16.3. The SMILES string of the molecule is CC1=C[C@H](O)[C@H]([C@H](C)CC/C=C(\C)CO)CC1. The Balaban J connectivity index is 2.40. The lowest BCUT2D eigenvalue weighted by atomic mass is 9.78. The molecule has 0 heterocycles. The van der Waals surface area contributed by atoms with Crippen LogP contribution in [0.15, 0.2) is 23.3 Å². The minimum Gasteiger partial charge on any atom is -0.392 e. The van der Waals surface area contributed by atoms with Gasteiger partial charge >= 0.3 is 0 Å². The van der Waals surface area contributed by atoms with E-state index in [0.717, 1.165) is 31.3 Å². The molecule has 0 aromatic rings. The minimum absolute atomic E-state index is 0.155. The van der Waals surface area contributed by atoms with Crippen LogP contribution in [0.2, 0.25) is 0 Å². The first-order valence-corrected chi connectivity index (χ1v) is 6.66. The summed E-state index contributed by atoms with van der Waals surface area (Å²) >= 11 is 0. The van der Waals surface area contributed by atoms with Gasteiger partial charge in [0.15, 0.2) is 0 Å². The topological polar surface area (TPSA) is 40.5 Å². The van der Waals surface area contributed by atoms with Crippen LogP contribution < -0.4 is 0 Å². The maximum Gasteiger partial charge on any atom is 0.0754 e. The molecule has 0 aromatic carbocycles. The molecule has 0 bridgehead atoms. The van der Waals surface area contributed by atoms with Crippen molar-refractivity contribution in [1.82, 2.24) is 0 Å². The van der Waals surface area contributed by atoms with Crippen LogP contribution in [-0.4, -0.2) is 22.9 Å². The molecule has 2 N–H and O–H groups in total. The van der Waals surface area contributed by atoms with Gasteiger partial charge < -0.3 is 10.2 Å². The van der Waals surface area contributed by atoms with Crippen LogP contribution in [0.1, 0.15) is 46.5 Å². The number of hydrogen-bond acceptors (Lipinski definition) is 2. The van der Waals surface area contributed by atoms with E-state index in [0.29, 0.717) is 11.8 Å². The van der Waals surface area contributed by atoms with Crippen LogP contribution in [0, 0.1) is 11.8 Å². The lowest BCUT2D eigenvalue weighted by Crippen LogP contribution is -2.28. The molecule has 2 heteroatoms. The third-order valence-electron chi connectivity index (χ3n) is 3.86. The first kappa shape index (κ1) is 14.5. The second kappa shape index (κ2) is 6.97. The molecule has 0 radical (unpaired) electrons. The zero-order valence-electron chi connectivity index (χ0n) is 11.3. The quantitative estimate of drug-likeness (QED) is 0.723. The highest BCUT2D eigenvalue weighted by molar-refractivity contribution is 5.08. The average molecular weight is 238 g/mol. The Bertz CT molecular complexity index is 291. The Labute approximate surface area is 105 Å². The van der Waals surface area contributed by atoms with Crippen molar-refractivity contribution in [2.75, 3.05) is 6.61 Å². The molecule has 98 valence electrons. The van der Waals surface area contributed by atoms with Gasteiger partial charge in [-0.1, -0.05) is 30.2 Å². The van der Waals surface area contributed by atoms with E-state index in [1.165, 1.54) is 5.57 Å². The van der Waals surface area contributed by atoms with Gasteiger partial charge in [-0.2, -0.15) is 0 Å². The van der Waals surface area contributed by atoms with Crippen molar-refractivity contribution in [3.8, 4) is 0 Å². The second-order valence-electron chi connectivity index (χ2n) is 5.47. The van der Waals surface area contributed by atoms with Gasteiger partial charge in [-0.25, -0.2) is 0 Å². The van der Waals surface area contributed by atoms with Crippen LogP contribution in [0.3, 0.4) is 0 Å². The van der Waals surface area contributed by atoms with E-state index in [9.17, 15) is 5.11 Å². The van der Waals surface area contributed by atoms with Crippen LogP contribution in [0.5, 0.6) is 0 Å². The fourth-order valence-corrected chi connectivity index (χ4v) is 2.56. The molecule has 17 heavy (non-hydrogen) atoms. The monoisotopic (exact) mass is 238 g/mol. The number of aliphatic hydroxyl groups excluding tert-OH is 2. The summed E-state index contributed by atoms with van der Waals surface area (Å²) in [5.41, 5.74) is 2.36. The largest absolute Gasteiger partial charge is 0.392 e. The lowest BCUT2D eigenvalue weighted by Gasteiger charge is -2.30. The predicted octanol–water partition coefficient (Wildman–Crippen LogP) is 3.06. The van der Waals surface area contributed by atoms with Gasteiger partial charge in [0.1, 0.15) is 0 Å². The van der Waals surface area contributed by atoms with Gasteiger partial charge in [0.05, 0.1) is 12.7 Å². The maximum atomic E-state index is 10.0. The molecule has 3 atom stereocenters. The van der Waals surface area contributed by atoms with E-state index in [1.807, 2.05) is 13.0 Å². The summed E-state index contributed by atoms with van der Waals surface area (Å²) in [4.78, 5) is 0. The summed E-state index contributed by atoms with van der Waals surface area (Å²) in [7, 11) is 0. The Morgan fingerprint density at radius 3 is 2.88 bits per heavy atom. The van der Waals surface area contributed by atoms with E-state index in [1.54, 1.807) is 0 Å². The Kier molecular flexibility index (Phi) is 5.93. The summed E-state index contributed by atoms with van der Waals surface area (Å²) in [6, 6.07) is 0. The molecule has 0 amide bonds. The fraction of sp³-hybridized carbons (Fsp3) is 0.733. The molecule has 1 aliphatic rings. The molecule has 0 aliphatic heterocycles. The number of rotatable bonds is 5. The van der Waals surface area contributed by atoms with E-state index >= 15 is 0 Å². The summed E-state index contributed by atoms with van der Waals surface area (Å²) in [6.45, 7) is 6.43. The number of aliphatic hydroxyl groups is 2. The van der Waals surface area contributed by atoms with Crippen molar-refractivity contribution in [3.63, 3.8) is 0 Å². The molecule has 2 nitrogen and oxygen atoms in total. The van der Waals surface area contributed by atoms with Crippen molar-refractivity contribution < 1.29 is 10.2 Å². The molecule has 0 saturated carbocycles. The molecular weight excluding hydrogens is 212 g/mol. The van der Waals surface area contributed by atoms with Crippen molar-refractivity contribution in [2.24, 2.45) is 11.8 Å². The van der Waals surface area contributed by atoms with Gasteiger partial charge in [0.2, 0.25) is 0 Å². The first-order valence-electron chi connectivity index (χ1n) is 6.66. The Morgan fingerprint density at radius 1 is 1.59 bits per heavy atom. The highest BCUT2D eigenvalue weighted by Gasteiger charge is 2.26. The molecule has 0 aromatic heterocycles. The van der Waals surface area contributed by atoms with Gasteiger partial charge in [0, 0.05) is 0 Å². The van der Waals surface area contributed by atoms with Crippen molar-refractivity contribution in [1.29, 1.82) is 0 Å². The molecule has 0 saturated heterocycles. The lowest BCUT2D eigenvalue weighted by molar-refractivity contribution is 0.0993. The molecule has 0 fully saturated rings. The average Bonchev–Trinajstić information content (AvgIpc) is 2.28. The standard InChI is InChI=1S/C15H26O2/c1-11-7-8-14(15(17)9-11)13(3)6-4-5-12(2)10-16/h5,9,13-17H,4,6-8,10H2,1-3H3/b12-5+/t13-,14+,15+/m1/s1. The predicted molar refractivity (Wildman–Crippen MR) is 71.7 cm³/mol. The van der Waals surface area contributed by atoms with Crippen LogP contribution in [-0.2, 0) is 0 Å². The van der Waals surface area contributed by atoms with Crippen LogP contribution in [0.25, 0.3) is 0 Å². The van der Waals surface area contributed by atoms with Crippen LogP contribution >= 0.6 is 0 Å². The molecular formula is C15H26O2. The summed E-state index contributed by atoms with van der Waals surface area (Å²) in [5.74, 6) is 0.943. The zero-order chi connectivity index (χ0) is 12.8. The second-order valence-corrected chi connectivity index (χ2v) is 5.47. The normalized spacial score (nSPS) is 27.8. The Morgan fingerprint density at radius 2 is 2.29 bits per heavy atom. The molecule has 0 unspecified atom stereocenters. The summed E-state index contributed by atoms with van der Waals surface area (Å²) in [6.07, 6.45) is 8.17. The maximum absolute atomic E-state index is 10.0. The van der Waals surface area contributed by atoms with Gasteiger partial charge in [-0.05, 0) is 51.4 Å². The van der Waals surface area contributed by atoms with Gasteiger partial charge in [-0.3, -0.25) is 0 Å². The zero-order valence-corrected chi connectivity index (χ0v) is 11.3. The molecule has 1 rings (SSSR count). The van der Waals surface area contributed by atoms with Crippen molar-refractivity contribution in [2.45, 2.75) is 52.6 Å². The highest BCUT2D eigenvalue weighted by Crippen LogP contribution is 2.31. The van der Waals surface area contributed by atoms with E-state index in [4.69, 9.17) is 5.11 Å². The summed E-state index contributed by atoms with van der Waals surface area (Å²) in [5, 5.41) is 18.9. The Hall–Kier alpha value is -0.600. The minimum atomic E-state index is -0.262. The van der Waals surface area contributed by atoms with Crippen LogP contribution in [0.4, 0.5) is 0 Å². The third-order valence-corrected chi connectivity index (χ3v) is 3.86. The number of allylic oxidation sites excluding steroid dienone is 2. The van der Waals surface area contributed by atoms with Crippen molar-refractivity contribution in [3.05, 3.63) is 23.3 Å². The van der Waals surface area contributed by atoms with Crippen molar-refractivity contribution >= 4 is 0 Å².